The summed E-state index contributed by atoms with van der Waals surface area (Å²) in [7, 11) is 0. The summed E-state index contributed by atoms with van der Waals surface area (Å²) < 4.78 is 0. The molecule has 0 bridgehead atoms. The maximum atomic E-state index is 11.4. The van der Waals surface area contributed by atoms with Gasteiger partial charge in [-0.15, -0.1) is 0 Å². The van der Waals surface area contributed by atoms with Crippen molar-refractivity contribution >= 4 is 28.6 Å². The van der Waals surface area contributed by atoms with Crippen LogP contribution in [0.1, 0.15) is 31.2 Å². The lowest BCUT2D eigenvalue weighted by Gasteiger charge is -2.18. The Labute approximate surface area is 139 Å². The van der Waals surface area contributed by atoms with E-state index >= 15 is 0 Å². The molecule has 1 amide bonds. The van der Waals surface area contributed by atoms with E-state index < -0.39 is 0 Å². The number of H-pyrrole nitrogens is 1. The molecule has 126 valence electrons. The number of benzene rings is 1. The molecular weight excluding hydrogens is 306 g/mol. The van der Waals surface area contributed by atoms with Gasteiger partial charge in [0, 0.05) is 30.9 Å². The van der Waals surface area contributed by atoms with Crippen LogP contribution in [-0.4, -0.2) is 34.1 Å². The Kier molecular flexibility index (Phi) is 4.45. The quantitative estimate of drug-likeness (QED) is 0.364. The van der Waals surface area contributed by atoms with Crippen LogP contribution >= 0.6 is 0 Å². The second-order valence-corrected chi connectivity index (χ2v) is 5.96. The molecular formula is C16H21N7O. The van der Waals surface area contributed by atoms with Gasteiger partial charge in [-0.1, -0.05) is 13.0 Å². The molecule has 1 aliphatic heterocycles. The minimum Gasteiger partial charge on any atom is -0.370 e. The highest BCUT2D eigenvalue weighted by Crippen LogP contribution is 2.20. The molecule has 2 aromatic rings. The molecule has 1 aliphatic rings. The van der Waals surface area contributed by atoms with Crippen LogP contribution in [0.25, 0.3) is 11.0 Å². The molecule has 3 rings (SSSR count). The fourth-order valence-corrected chi connectivity index (χ4v) is 2.80. The van der Waals surface area contributed by atoms with Crippen LogP contribution < -0.4 is 16.9 Å². The average molecular weight is 327 g/mol. The van der Waals surface area contributed by atoms with E-state index in [0.717, 1.165) is 41.0 Å². The molecule has 24 heavy (non-hydrogen) atoms. The van der Waals surface area contributed by atoms with Gasteiger partial charge in [0.1, 0.15) is 5.82 Å². The van der Waals surface area contributed by atoms with Crippen molar-refractivity contribution < 1.29 is 4.79 Å². The van der Waals surface area contributed by atoms with Gasteiger partial charge in [0.25, 0.3) is 0 Å². The lowest BCUT2D eigenvalue weighted by Crippen LogP contribution is -2.31. The smallest absolute Gasteiger partial charge is 0.240 e. The maximum absolute atomic E-state index is 11.4. The zero-order chi connectivity index (χ0) is 17.1. The molecule has 2 heterocycles. The molecule has 8 nitrogen and oxygen atoms in total. The number of carbonyl (C=O) groups is 1. The first-order chi connectivity index (χ1) is 11.5. The molecule has 1 unspecified atom stereocenters. The number of hydrogen-bond donors (Lipinski definition) is 4. The van der Waals surface area contributed by atoms with Gasteiger partial charge in [-0.3, -0.25) is 9.79 Å². The summed E-state index contributed by atoms with van der Waals surface area (Å²) in [6, 6.07) is 5.97. The first kappa shape index (κ1) is 16.0. The topological polar surface area (TPSA) is 135 Å². The van der Waals surface area contributed by atoms with Gasteiger partial charge in [-0.25, -0.2) is 10.4 Å². The number of nitrogens with two attached hydrogens (primary N) is 2. The van der Waals surface area contributed by atoms with Gasteiger partial charge >= 0.3 is 0 Å². The average Bonchev–Trinajstić information content (AvgIpc) is 2.93. The number of aromatic nitrogens is 2. The SMILES string of the molecule is CC1CC(=O)NN=C1c1ccc2nc(CCCN=C(N)N)[nH]c2c1. The number of carbonyl (C=O) groups excluding carboxylic acids is 1. The first-order valence-electron chi connectivity index (χ1n) is 7.94. The third kappa shape index (κ3) is 3.53. The van der Waals surface area contributed by atoms with Crippen LogP contribution in [0.5, 0.6) is 0 Å². The normalized spacial score (nSPS) is 17.5. The largest absolute Gasteiger partial charge is 0.370 e. The highest BCUT2D eigenvalue weighted by atomic mass is 16.2. The van der Waals surface area contributed by atoms with Crippen LogP contribution in [0.15, 0.2) is 28.3 Å². The summed E-state index contributed by atoms with van der Waals surface area (Å²) >= 11 is 0. The van der Waals surface area contributed by atoms with Crippen molar-refractivity contribution in [3.8, 4) is 0 Å². The second-order valence-electron chi connectivity index (χ2n) is 5.96. The zero-order valence-corrected chi connectivity index (χ0v) is 13.5. The number of nitrogens with zero attached hydrogens (tertiary/aromatic N) is 3. The van der Waals surface area contributed by atoms with Gasteiger partial charge in [-0.05, 0) is 18.6 Å². The molecule has 0 saturated heterocycles. The van der Waals surface area contributed by atoms with Crippen molar-refractivity contribution in [2.45, 2.75) is 26.2 Å². The number of guanidine groups is 1. The number of fused-ring (bicyclic) bond motifs is 1. The Morgan fingerprint density at radius 3 is 3.00 bits per heavy atom. The Balaban J connectivity index is 1.77. The molecule has 1 atom stereocenters. The fourth-order valence-electron chi connectivity index (χ4n) is 2.80. The minimum atomic E-state index is -0.0445. The second kappa shape index (κ2) is 6.69. The van der Waals surface area contributed by atoms with Crippen molar-refractivity contribution in [3.05, 3.63) is 29.6 Å². The van der Waals surface area contributed by atoms with E-state index in [1.165, 1.54) is 0 Å². The predicted octanol–water partition coefficient (Wildman–Crippen LogP) is 0.629. The molecule has 0 aliphatic carbocycles. The van der Waals surface area contributed by atoms with Crippen LogP contribution in [0.3, 0.4) is 0 Å². The summed E-state index contributed by atoms with van der Waals surface area (Å²) in [5.41, 5.74) is 16.9. The lowest BCUT2D eigenvalue weighted by molar-refractivity contribution is -0.121. The van der Waals surface area contributed by atoms with E-state index in [9.17, 15) is 4.79 Å². The van der Waals surface area contributed by atoms with E-state index in [4.69, 9.17) is 11.5 Å². The van der Waals surface area contributed by atoms with Crippen molar-refractivity contribution in [1.82, 2.24) is 15.4 Å². The number of amides is 1. The maximum Gasteiger partial charge on any atom is 0.240 e. The van der Waals surface area contributed by atoms with Gasteiger partial charge in [0.15, 0.2) is 5.96 Å². The van der Waals surface area contributed by atoms with E-state index in [-0.39, 0.29) is 17.8 Å². The number of aryl methyl sites for hydroxylation is 1. The summed E-state index contributed by atoms with van der Waals surface area (Å²) in [6.07, 6.45) is 2.05. The van der Waals surface area contributed by atoms with Crippen LogP contribution in [0.2, 0.25) is 0 Å². The van der Waals surface area contributed by atoms with Crippen molar-refractivity contribution in [3.63, 3.8) is 0 Å². The Bertz CT molecular complexity index is 817. The fraction of sp³-hybridized carbons (Fsp3) is 0.375. The van der Waals surface area contributed by atoms with Crippen molar-refractivity contribution in [1.29, 1.82) is 0 Å². The third-order valence-electron chi connectivity index (χ3n) is 3.95. The highest BCUT2D eigenvalue weighted by molar-refractivity contribution is 6.07. The number of aromatic amines is 1. The van der Waals surface area contributed by atoms with Gasteiger partial charge in [0.05, 0.1) is 16.7 Å². The summed E-state index contributed by atoms with van der Waals surface area (Å²) in [4.78, 5) is 23.2. The lowest BCUT2D eigenvalue weighted by atomic mass is 9.94. The molecule has 0 fully saturated rings. The van der Waals surface area contributed by atoms with E-state index in [1.807, 2.05) is 25.1 Å². The van der Waals surface area contributed by atoms with E-state index in [1.54, 1.807) is 0 Å². The first-order valence-corrected chi connectivity index (χ1v) is 7.94. The zero-order valence-electron chi connectivity index (χ0n) is 13.5. The van der Waals surface area contributed by atoms with Gasteiger partial charge in [-0.2, -0.15) is 5.10 Å². The number of nitrogens with one attached hydrogen (secondary N) is 2. The molecule has 0 saturated carbocycles. The van der Waals surface area contributed by atoms with Crippen LogP contribution in [-0.2, 0) is 11.2 Å². The van der Waals surface area contributed by atoms with Crippen molar-refractivity contribution in [2.24, 2.45) is 27.5 Å². The summed E-state index contributed by atoms with van der Waals surface area (Å²) in [5, 5.41) is 4.20. The molecule has 0 spiro atoms. The molecule has 1 aromatic heterocycles. The number of aliphatic imine (C=N–C) groups is 1. The molecule has 0 radical (unpaired) electrons. The molecule has 1 aromatic carbocycles. The predicted molar refractivity (Wildman–Crippen MR) is 93.6 cm³/mol. The number of imidazole rings is 1. The Morgan fingerprint density at radius 2 is 2.25 bits per heavy atom. The molecule has 6 N–H and O–H groups in total. The van der Waals surface area contributed by atoms with Crippen molar-refractivity contribution in [2.75, 3.05) is 6.54 Å². The Hall–Kier alpha value is -2.90. The minimum absolute atomic E-state index is 0.0445. The van der Waals surface area contributed by atoms with Gasteiger partial charge in [0.2, 0.25) is 5.91 Å². The number of rotatable bonds is 5. The number of hydrazone groups is 1. The van der Waals surface area contributed by atoms with E-state index in [0.29, 0.717) is 13.0 Å². The van der Waals surface area contributed by atoms with Crippen LogP contribution in [0, 0.1) is 5.92 Å². The van der Waals surface area contributed by atoms with E-state index in [2.05, 4.69) is 25.5 Å². The molecule has 8 heteroatoms. The summed E-state index contributed by atoms with van der Waals surface area (Å²) in [5.74, 6) is 1.06. The van der Waals surface area contributed by atoms with Gasteiger partial charge < -0.3 is 16.5 Å². The highest BCUT2D eigenvalue weighted by Gasteiger charge is 2.21. The number of hydrogen-bond acceptors (Lipinski definition) is 4. The Morgan fingerprint density at radius 1 is 1.42 bits per heavy atom. The standard InChI is InChI=1S/C16H21N7O/c1-9-7-14(24)22-23-15(9)10-4-5-11-12(8-10)21-13(20-11)3-2-6-19-16(17)18/h4-5,8-9H,2-3,6-7H2,1H3,(H,20,21)(H,22,24)(H4,17,18,19). The third-order valence-corrected chi connectivity index (χ3v) is 3.95. The summed E-state index contributed by atoms with van der Waals surface area (Å²) in [6.45, 7) is 2.59. The monoisotopic (exact) mass is 327 g/mol. The van der Waals surface area contributed by atoms with Crippen LogP contribution in [0.4, 0.5) is 0 Å².